The minimum absolute atomic E-state index is 0.0313. The number of ether oxygens (including phenoxy) is 2. The number of hydrogen-bond acceptors (Lipinski definition) is 19. The molecule has 0 atom stereocenters. The molecule has 0 aromatic heterocycles. The molecule has 0 aliphatic heterocycles. The van der Waals surface area contributed by atoms with E-state index in [2.05, 4.69) is 25.5 Å². The Kier molecular flexibility index (Phi) is 33.8. The van der Waals surface area contributed by atoms with Crippen molar-refractivity contribution >= 4 is 107 Å². The molecule has 0 spiro atoms. The molecule has 14 nitrogen and oxygen atoms in total. The molecule has 0 fully saturated rings. The van der Waals surface area contributed by atoms with Gasteiger partial charge in [0.25, 0.3) is 0 Å². The summed E-state index contributed by atoms with van der Waals surface area (Å²) in [5.74, 6) is 3.38. The molecule has 0 bridgehead atoms. The molecule has 0 aliphatic rings. The van der Waals surface area contributed by atoms with Gasteiger partial charge in [-0.05, 0) is 0 Å². The second-order valence-corrected chi connectivity index (χ2v) is 13.4. The molecule has 2 amide bonds. The van der Waals surface area contributed by atoms with Crippen molar-refractivity contribution in [1.29, 1.82) is 0 Å². The summed E-state index contributed by atoms with van der Waals surface area (Å²) in [5, 5.41) is 23.8. The summed E-state index contributed by atoms with van der Waals surface area (Å²) >= 11 is 9.96. The van der Waals surface area contributed by atoms with Crippen LogP contribution in [0, 0.1) is 0 Å². The highest BCUT2D eigenvalue weighted by Gasteiger charge is 2.02. The van der Waals surface area contributed by atoms with Gasteiger partial charge in [0.15, 0.2) is 0 Å². The molecule has 0 aromatic carbocycles. The number of hydrogen-bond donors (Lipinski definition) is 4. The summed E-state index contributed by atoms with van der Waals surface area (Å²) in [7, 11) is 0. The van der Waals surface area contributed by atoms with Crippen LogP contribution in [-0.2, 0) is 29.0 Å². The Morgan fingerprint density at radius 2 is 1.23 bits per heavy atom. The summed E-state index contributed by atoms with van der Waals surface area (Å²) in [4.78, 5) is 50.0. The van der Waals surface area contributed by atoms with Crippen LogP contribution in [0.4, 0.5) is 9.59 Å². The van der Waals surface area contributed by atoms with Gasteiger partial charge in [0.1, 0.15) is 25.1 Å². The maximum absolute atomic E-state index is 11.6. The number of aliphatic hydroxyl groups is 2. The van der Waals surface area contributed by atoms with Crippen LogP contribution in [0.5, 0.6) is 0 Å². The Morgan fingerprint density at radius 1 is 0.667 bits per heavy atom. The van der Waals surface area contributed by atoms with E-state index in [1.807, 2.05) is 0 Å². The van der Waals surface area contributed by atoms with Crippen molar-refractivity contribution in [2.24, 2.45) is 9.98 Å². The number of thioether (sulfide) groups is 7. The molecule has 0 rings (SSSR count). The summed E-state index contributed by atoms with van der Waals surface area (Å²) in [6.45, 7) is 0.658. The Balaban J connectivity index is 3.28. The number of carbonyl (C=O) groups is 2. The smallest absolute Gasteiger partial charge is 0.408 e. The van der Waals surface area contributed by atoms with Crippen molar-refractivity contribution in [3.05, 3.63) is 0 Å². The zero-order valence-electron chi connectivity index (χ0n) is 21.0. The average molecular weight is 691 g/mol. The van der Waals surface area contributed by atoms with E-state index >= 15 is 0 Å². The van der Waals surface area contributed by atoms with Gasteiger partial charge in [0.2, 0.25) is 12.8 Å². The summed E-state index contributed by atoms with van der Waals surface area (Å²) < 4.78 is 9.88. The van der Waals surface area contributed by atoms with Gasteiger partial charge in [-0.15, -0.1) is 58.8 Å². The Bertz CT molecular complexity index is 633. The first-order chi connectivity index (χ1) is 19.2. The number of aliphatic hydroxyl groups excluding tert-OH is 2. The first kappa shape index (κ1) is 38.8. The number of rotatable bonds is 28. The van der Waals surface area contributed by atoms with E-state index in [0.717, 1.165) is 21.9 Å². The Morgan fingerprint density at radius 3 is 1.87 bits per heavy atom. The van der Waals surface area contributed by atoms with Crippen LogP contribution in [0.25, 0.3) is 0 Å². The van der Waals surface area contributed by atoms with Crippen LogP contribution < -0.4 is 10.6 Å². The topological polar surface area (TPSA) is 179 Å². The lowest BCUT2D eigenvalue weighted by Gasteiger charge is -2.06. The van der Waals surface area contributed by atoms with Gasteiger partial charge in [0, 0.05) is 21.7 Å². The highest BCUT2D eigenvalue weighted by Crippen LogP contribution is 2.11. The van der Waals surface area contributed by atoms with Gasteiger partial charge < -0.3 is 40.1 Å². The second kappa shape index (κ2) is 34.0. The van der Waals surface area contributed by atoms with Crippen LogP contribution in [-0.4, -0.2) is 117 Å². The molecule has 0 unspecified atom stereocenters. The normalized spacial score (nSPS) is 11.1. The van der Waals surface area contributed by atoms with Gasteiger partial charge in [-0.3, -0.25) is 0 Å². The fraction of sp³-hybridized carbons (Fsp3) is 0.778. The Hall–Kier alpha value is -0.230. The average Bonchev–Trinajstić information content (AvgIpc) is 2.93. The maximum Gasteiger partial charge on any atom is 0.408 e. The predicted octanol–water partition coefficient (Wildman–Crippen LogP) is 3.08. The van der Waals surface area contributed by atoms with Gasteiger partial charge in [-0.2, -0.15) is 21.5 Å². The van der Waals surface area contributed by atoms with E-state index in [-0.39, 0.29) is 23.8 Å². The van der Waals surface area contributed by atoms with Crippen LogP contribution in [0.15, 0.2) is 9.98 Å². The van der Waals surface area contributed by atoms with Gasteiger partial charge >= 0.3 is 12.2 Å². The first-order valence-electron chi connectivity index (χ1n) is 10.8. The number of carbonyl (C=O) groups excluding carboxylic acids is 2. The molecule has 228 valence electrons. The lowest BCUT2D eigenvalue weighted by atomic mass is 10.8. The predicted molar refractivity (Wildman–Crippen MR) is 166 cm³/mol. The molecular formula is C18H34N4O10S7. The van der Waals surface area contributed by atoms with Gasteiger partial charge in [-0.1, -0.05) is 11.8 Å². The lowest BCUT2D eigenvalue weighted by molar-refractivity contribution is -0.210. The van der Waals surface area contributed by atoms with E-state index in [4.69, 9.17) is 34.3 Å². The number of nitrogens with zero attached hydrogens (tertiary/aromatic N) is 2. The first-order valence-corrected chi connectivity index (χ1v) is 18.9. The molecule has 21 heteroatoms. The molecule has 39 heavy (non-hydrogen) atoms. The maximum atomic E-state index is 11.6. The third-order valence-electron chi connectivity index (χ3n) is 3.03. The van der Waals surface area contributed by atoms with Crippen LogP contribution in [0.1, 0.15) is 0 Å². The number of aliphatic imine (C=N–C) groups is 2. The molecule has 0 saturated heterocycles. The fourth-order valence-corrected chi connectivity index (χ4v) is 5.59. The molecule has 0 aliphatic carbocycles. The SMILES string of the molecule is O=C(NCSCSCN=COOCSCO)OCCSCCOOC=NCSCSCNC(=O)OCSCO. The van der Waals surface area contributed by atoms with Crippen LogP contribution in [0.3, 0.4) is 0 Å². The molecule has 0 radical (unpaired) electrons. The van der Waals surface area contributed by atoms with Crippen LogP contribution in [0.2, 0.25) is 0 Å². The number of amides is 2. The minimum Gasteiger partial charge on any atom is -0.449 e. The summed E-state index contributed by atoms with van der Waals surface area (Å²) in [6.07, 6.45) is 1.46. The third kappa shape index (κ3) is 33.9. The van der Waals surface area contributed by atoms with Crippen molar-refractivity contribution in [3.63, 3.8) is 0 Å². The van der Waals surface area contributed by atoms with Crippen molar-refractivity contribution in [2.45, 2.75) is 0 Å². The summed E-state index contributed by atoms with van der Waals surface area (Å²) in [6, 6.07) is 0. The fourth-order valence-electron chi connectivity index (χ4n) is 1.55. The van der Waals surface area contributed by atoms with Gasteiger partial charge in [0.05, 0.1) is 35.4 Å². The summed E-state index contributed by atoms with van der Waals surface area (Å²) in [5.41, 5.74) is 0. The van der Waals surface area contributed by atoms with E-state index in [0.29, 0.717) is 48.2 Å². The standard InChI is InChI=1S/C18H34N4O10S7/c23-11-38-13-28-18(26)22-10-37-16-34-7-19-5-30-29-2-4-33-3-1-27-17(25)21-9-36-15-35-8-20-6-31-32-14-39-12-24/h5-6,23-24H,1-4,7-16H2,(H,21,25)(H,22,26). The Labute approximate surface area is 257 Å². The molecular weight excluding hydrogens is 657 g/mol. The van der Waals surface area contributed by atoms with Crippen molar-refractivity contribution in [3.8, 4) is 0 Å². The largest absolute Gasteiger partial charge is 0.449 e. The highest BCUT2D eigenvalue weighted by atomic mass is 32.2. The zero-order chi connectivity index (χ0) is 28.5. The van der Waals surface area contributed by atoms with E-state index < -0.39 is 12.2 Å². The monoisotopic (exact) mass is 690 g/mol. The third-order valence-corrected chi connectivity index (χ3v) is 8.88. The van der Waals surface area contributed by atoms with Crippen LogP contribution >= 0.6 is 82.3 Å². The highest BCUT2D eigenvalue weighted by molar-refractivity contribution is 8.16. The molecule has 0 aromatic rings. The van der Waals surface area contributed by atoms with E-state index in [9.17, 15) is 9.59 Å². The second-order valence-electron chi connectivity index (χ2n) is 5.74. The molecule has 0 heterocycles. The number of nitrogens with one attached hydrogen (secondary N) is 2. The minimum atomic E-state index is -0.516. The van der Waals surface area contributed by atoms with Crippen molar-refractivity contribution < 1.29 is 48.8 Å². The molecule has 4 N–H and O–H groups in total. The van der Waals surface area contributed by atoms with E-state index in [1.165, 1.54) is 48.1 Å². The van der Waals surface area contributed by atoms with Crippen molar-refractivity contribution in [2.75, 3.05) is 82.2 Å². The zero-order valence-corrected chi connectivity index (χ0v) is 26.7. The molecule has 0 saturated carbocycles. The van der Waals surface area contributed by atoms with Crippen molar-refractivity contribution in [1.82, 2.24) is 10.6 Å². The number of alkyl carbamates (subject to hydrolysis) is 2. The quantitative estimate of drug-likeness (QED) is 0.0235. The van der Waals surface area contributed by atoms with Gasteiger partial charge in [-0.25, -0.2) is 19.6 Å². The van der Waals surface area contributed by atoms with E-state index in [1.54, 1.807) is 35.3 Å². The lowest BCUT2D eigenvalue weighted by Crippen LogP contribution is -2.24.